The zero-order chi connectivity index (χ0) is 21.8. The van der Waals surface area contributed by atoms with E-state index in [1.165, 1.54) is 45.5 Å². The van der Waals surface area contributed by atoms with Crippen LogP contribution in [0.5, 0.6) is 0 Å². The van der Waals surface area contributed by atoms with Gasteiger partial charge in [-0.05, 0) is 78.8 Å². The fourth-order valence-corrected chi connectivity index (χ4v) is 5.43. The molecule has 148 valence electrons. The van der Waals surface area contributed by atoms with Gasteiger partial charge in [-0.25, -0.2) is 4.57 Å². The molecule has 2 aliphatic rings. The van der Waals surface area contributed by atoms with Crippen molar-refractivity contribution in [2.24, 2.45) is 12.5 Å². The van der Waals surface area contributed by atoms with E-state index in [1.807, 2.05) is 0 Å². The molecule has 1 fully saturated rings. The van der Waals surface area contributed by atoms with Crippen molar-refractivity contribution in [1.82, 2.24) is 0 Å². The van der Waals surface area contributed by atoms with Gasteiger partial charge in [-0.15, -0.1) is 0 Å². The van der Waals surface area contributed by atoms with E-state index in [2.05, 4.69) is 80.2 Å². The Bertz CT molecular complexity index is 1160. The number of rotatable bonds is 2. The van der Waals surface area contributed by atoms with E-state index >= 15 is 0 Å². The molecular weight excluding hydrogens is 350 g/mol. The summed E-state index contributed by atoms with van der Waals surface area (Å²) in [6.45, 7) is 4.35. The summed E-state index contributed by atoms with van der Waals surface area (Å²) in [5.74, 6) is 0. The molecule has 0 radical (unpaired) electrons. The Kier molecular flexibility index (Phi) is 4.03. The number of aromatic nitrogens is 1. The molecule has 2 aromatic carbocycles. The van der Waals surface area contributed by atoms with Gasteiger partial charge in [-0.1, -0.05) is 55.7 Å². The molecule has 5 rings (SSSR count). The Morgan fingerprint density at radius 3 is 2.45 bits per heavy atom. The lowest BCUT2D eigenvalue weighted by atomic mass is 9.72. The first-order chi connectivity index (χ1) is 14.8. The highest BCUT2D eigenvalue weighted by Gasteiger charge is 2.38. The monoisotopic (exact) mass is 384 g/mol. The Morgan fingerprint density at radius 1 is 0.862 bits per heavy atom. The van der Waals surface area contributed by atoms with Gasteiger partial charge in [0, 0.05) is 19.9 Å². The summed E-state index contributed by atoms with van der Waals surface area (Å²) in [4.78, 5) is 0. The molecule has 0 saturated heterocycles. The summed E-state index contributed by atoms with van der Waals surface area (Å²) >= 11 is 0. The average Bonchev–Trinajstić information content (AvgIpc) is 2.96. The minimum atomic E-state index is -1.21. The van der Waals surface area contributed by atoms with E-state index in [9.17, 15) is 0 Å². The number of fused-ring (bicyclic) bond motifs is 1. The van der Waals surface area contributed by atoms with Crippen LogP contribution in [0.2, 0.25) is 0 Å². The molecule has 0 N–H and O–H groups in total. The summed E-state index contributed by atoms with van der Waals surface area (Å²) < 4.78 is 20.2. The molecule has 0 unspecified atom stereocenters. The molecule has 1 spiro atoms. The first kappa shape index (κ1) is 16.4. The average molecular weight is 385 g/mol. The maximum Gasteiger partial charge on any atom is 0.212 e. The van der Waals surface area contributed by atoms with Gasteiger partial charge in [0.05, 0.1) is 0 Å². The van der Waals surface area contributed by atoms with Crippen molar-refractivity contribution in [3.63, 3.8) is 0 Å². The molecule has 1 aromatic heterocycles. The molecule has 29 heavy (non-hydrogen) atoms. The molecule has 0 atom stereocenters. The van der Waals surface area contributed by atoms with Crippen molar-refractivity contribution >= 4 is 0 Å². The molecule has 1 heteroatoms. The van der Waals surface area contributed by atoms with Gasteiger partial charge in [0.2, 0.25) is 5.69 Å². The van der Waals surface area contributed by atoms with E-state index in [-0.39, 0.29) is 5.41 Å². The summed E-state index contributed by atoms with van der Waals surface area (Å²) in [6, 6.07) is 17.3. The maximum atomic E-state index is 8.97. The quantitative estimate of drug-likeness (QED) is 0.443. The van der Waals surface area contributed by atoms with E-state index in [0.29, 0.717) is 0 Å². The molecular formula is C28H32N+. The van der Waals surface area contributed by atoms with Crippen LogP contribution < -0.4 is 4.57 Å². The first-order valence-corrected chi connectivity index (χ1v) is 11.0. The zero-order valence-electron chi connectivity index (χ0n) is 19.9. The SMILES string of the molecule is [2H]C1([2H])c2ccc(-c3c[n+](C)c(-c4ccccc4C)cc3C)cc2CC12CCCCC2. The van der Waals surface area contributed by atoms with Crippen LogP contribution in [0.4, 0.5) is 0 Å². The predicted molar refractivity (Wildman–Crippen MR) is 121 cm³/mol. The summed E-state index contributed by atoms with van der Waals surface area (Å²) in [5.41, 5.74) is 9.40. The standard InChI is InChI=1S/C28H32N/c1-20-9-5-6-10-25(20)27-15-21(2)26(19-29(27)3)22-11-12-23-17-28(18-24(23)16-22)13-7-4-8-14-28/h5-6,9-12,15-16,19H,4,7-8,13-14,17-18H2,1-3H3/q+1/i17D2. The first-order valence-electron chi connectivity index (χ1n) is 12.0. The van der Waals surface area contributed by atoms with Crippen molar-refractivity contribution in [2.45, 2.75) is 58.7 Å². The minimum Gasteiger partial charge on any atom is -0.200 e. The highest BCUT2D eigenvalue weighted by molar-refractivity contribution is 5.70. The maximum absolute atomic E-state index is 8.97. The number of aryl methyl sites for hydroxylation is 3. The molecule has 0 amide bonds. The third-order valence-electron chi connectivity index (χ3n) is 7.06. The lowest BCUT2D eigenvalue weighted by Gasteiger charge is -2.33. The van der Waals surface area contributed by atoms with Crippen LogP contribution in [0.15, 0.2) is 54.7 Å². The second kappa shape index (κ2) is 7.13. The second-order valence-electron chi connectivity index (χ2n) is 9.20. The van der Waals surface area contributed by atoms with Gasteiger partial charge < -0.3 is 0 Å². The number of pyridine rings is 1. The Hall–Kier alpha value is -2.41. The Labute approximate surface area is 178 Å². The fraction of sp³-hybridized carbons (Fsp3) is 0.393. The lowest BCUT2D eigenvalue weighted by Crippen LogP contribution is -2.31. The van der Waals surface area contributed by atoms with Gasteiger partial charge in [-0.2, -0.15) is 0 Å². The molecule has 2 aliphatic carbocycles. The normalized spacial score (nSPS) is 20.2. The van der Waals surface area contributed by atoms with Crippen molar-refractivity contribution in [2.75, 3.05) is 0 Å². The van der Waals surface area contributed by atoms with Crippen LogP contribution >= 0.6 is 0 Å². The topological polar surface area (TPSA) is 3.88 Å². The summed E-state index contributed by atoms with van der Waals surface area (Å²) in [5, 5.41) is 0. The number of hydrogen-bond donors (Lipinski definition) is 0. The number of nitrogens with zero attached hydrogens (tertiary/aromatic N) is 1. The number of benzene rings is 2. The van der Waals surface area contributed by atoms with Crippen molar-refractivity contribution < 1.29 is 7.31 Å². The van der Waals surface area contributed by atoms with Crippen LogP contribution in [0, 0.1) is 19.3 Å². The third kappa shape index (κ3) is 3.31. The van der Waals surface area contributed by atoms with Crippen LogP contribution in [0.25, 0.3) is 22.4 Å². The highest BCUT2D eigenvalue weighted by atomic mass is 14.9. The molecule has 1 nitrogen and oxygen atoms in total. The van der Waals surface area contributed by atoms with Gasteiger partial charge >= 0.3 is 0 Å². The summed E-state index contributed by atoms with van der Waals surface area (Å²) in [7, 11) is 2.12. The van der Waals surface area contributed by atoms with Gasteiger partial charge in [0.15, 0.2) is 6.20 Å². The fourth-order valence-electron chi connectivity index (χ4n) is 5.43. The van der Waals surface area contributed by atoms with Gasteiger partial charge in [0.25, 0.3) is 0 Å². The molecule has 1 saturated carbocycles. The van der Waals surface area contributed by atoms with E-state index in [4.69, 9.17) is 2.74 Å². The molecule has 0 bridgehead atoms. The Balaban J connectivity index is 1.56. The molecule has 3 aromatic rings. The van der Waals surface area contributed by atoms with E-state index in [0.717, 1.165) is 37.7 Å². The van der Waals surface area contributed by atoms with E-state index < -0.39 is 6.37 Å². The highest BCUT2D eigenvalue weighted by Crippen LogP contribution is 2.48. The zero-order valence-corrected chi connectivity index (χ0v) is 17.9. The minimum absolute atomic E-state index is 0.194. The predicted octanol–water partition coefficient (Wildman–Crippen LogP) is 6.51. The second-order valence-corrected chi connectivity index (χ2v) is 9.20. The van der Waals surface area contributed by atoms with Crippen LogP contribution in [0.3, 0.4) is 0 Å². The van der Waals surface area contributed by atoms with Crippen LogP contribution in [-0.2, 0) is 19.8 Å². The van der Waals surface area contributed by atoms with Gasteiger partial charge in [0.1, 0.15) is 7.05 Å². The molecule has 0 aliphatic heterocycles. The van der Waals surface area contributed by atoms with Crippen molar-refractivity contribution in [3.05, 3.63) is 77.0 Å². The van der Waals surface area contributed by atoms with Crippen LogP contribution in [0.1, 0.15) is 57.1 Å². The number of hydrogen-bond acceptors (Lipinski definition) is 0. The molecule has 1 heterocycles. The largest absolute Gasteiger partial charge is 0.212 e. The summed E-state index contributed by atoms with van der Waals surface area (Å²) in [6.07, 6.45) is 7.52. The van der Waals surface area contributed by atoms with Crippen molar-refractivity contribution in [3.8, 4) is 22.4 Å². The smallest absolute Gasteiger partial charge is 0.200 e. The van der Waals surface area contributed by atoms with E-state index in [1.54, 1.807) is 0 Å². The Morgan fingerprint density at radius 2 is 1.66 bits per heavy atom. The third-order valence-corrected chi connectivity index (χ3v) is 7.06. The lowest BCUT2D eigenvalue weighted by molar-refractivity contribution is -0.660. The van der Waals surface area contributed by atoms with Gasteiger partial charge in [-0.3, -0.25) is 0 Å². The van der Waals surface area contributed by atoms with Crippen molar-refractivity contribution in [1.29, 1.82) is 0 Å². The van der Waals surface area contributed by atoms with Crippen LogP contribution in [-0.4, -0.2) is 0 Å².